The molecule has 11 heteroatoms. The summed E-state index contributed by atoms with van der Waals surface area (Å²) in [6.07, 6.45) is 1.31. The Kier molecular flexibility index (Phi) is 8.07. The minimum Gasteiger partial charge on any atom is -0.497 e. The smallest absolute Gasteiger partial charge is 0.335 e. The maximum absolute atomic E-state index is 13.2. The number of benzene rings is 3. The highest BCUT2D eigenvalue weighted by Gasteiger charge is 2.37. The maximum atomic E-state index is 13.2. The predicted molar refractivity (Wildman–Crippen MR) is 143 cm³/mol. The lowest BCUT2D eigenvalue weighted by atomic mass is 10.1. The maximum Gasteiger partial charge on any atom is 0.335 e. The molecule has 1 aliphatic heterocycles. The van der Waals surface area contributed by atoms with Gasteiger partial charge in [0.05, 0.1) is 19.9 Å². The van der Waals surface area contributed by atoms with E-state index >= 15 is 0 Å². The standard InChI is InChI=1S/C27H22BrN3O7/c1-36-20-8-4-18(5-9-20)29-24(32)15-38-23-12-3-17(28)13-16(23)14-22-25(33)30-27(35)31(26(22)34)19-6-10-21(37-2)11-7-19/h3-14H,15H2,1-2H3,(H,29,32)(H,30,33,35)/b22-14+. The Morgan fingerprint density at radius 3 is 2.21 bits per heavy atom. The summed E-state index contributed by atoms with van der Waals surface area (Å²) in [5.41, 5.74) is 0.878. The fraction of sp³-hybridized carbons (Fsp3) is 0.111. The van der Waals surface area contributed by atoms with Crippen LogP contribution in [0.25, 0.3) is 6.08 Å². The van der Waals surface area contributed by atoms with Crippen molar-refractivity contribution < 1.29 is 33.4 Å². The molecule has 2 N–H and O–H groups in total. The van der Waals surface area contributed by atoms with E-state index in [1.165, 1.54) is 25.3 Å². The number of halogens is 1. The number of amides is 5. The van der Waals surface area contributed by atoms with Gasteiger partial charge in [-0.05, 0) is 72.8 Å². The number of carbonyl (C=O) groups excluding carboxylic acids is 4. The molecule has 0 unspecified atom stereocenters. The zero-order chi connectivity index (χ0) is 27.2. The second-order valence-electron chi connectivity index (χ2n) is 7.90. The summed E-state index contributed by atoms with van der Waals surface area (Å²) in [5, 5.41) is 4.89. The van der Waals surface area contributed by atoms with Gasteiger partial charge in [-0.3, -0.25) is 19.7 Å². The molecule has 0 spiro atoms. The van der Waals surface area contributed by atoms with E-state index in [-0.39, 0.29) is 23.6 Å². The summed E-state index contributed by atoms with van der Waals surface area (Å²) in [4.78, 5) is 51.6. The zero-order valence-corrected chi connectivity index (χ0v) is 21.9. The van der Waals surface area contributed by atoms with Crippen molar-refractivity contribution in [1.82, 2.24) is 5.32 Å². The number of carbonyl (C=O) groups is 4. The third kappa shape index (κ3) is 6.01. The minimum absolute atomic E-state index is 0.249. The molecule has 0 aromatic heterocycles. The number of nitrogens with one attached hydrogen (secondary N) is 2. The number of barbiturate groups is 1. The van der Waals surface area contributed by atoms with Crippen molar-refractivity contribution in [3.63, 3.8) is 0 Å². The van der Waals surface area contributed by atoms with Gasteiger partial charge in [0.25, 0.3) is 17.7 Å². The Morgan fingerprint density at radius 2 is 1.58 bits per heavy atom. The number of anilines is 2. The van der Waals surface area contributed by atoms with Crippen LogP contribution in [-0.2, 0) is 14.4 Å². The van der Waals surface area contributed by atoms with Crippen LogP contribution in [0.15, 0.2) is 76.8 Å². The Balaban J connectivity index is 1.55. The lowest BCUT2D eigenvalue weighted by Gasteiger charge is -2.26. The molecule has 0 atom stereocenters. The SMILES string of the molecule is COc1ccc(NC(=O)COc2ccc(Br)cc2/C=C2\C(=O)NC(=O)N(c3ccc(OC)cc3)C2=O)cc1. The lowest BCUT2D eigenvalue weighted by Crippen LogP contribution is -2.54. The van der Waals surface area contributed by atoms with E-state index in [9.17, 15) is 19.2 Å². The van der Waals surface area contributed by atoms with Gasteiger partial charge in [-0.2, -0.15) is 0 Å². The Morgan fingerprint density at radius 1 is 0.947 bits per heavy atom. The van der Waals surface area contributed by atoms with Crippen LogP contribution in [0.4, 0.5) is 16.2 Å². The van der Waals surface area contributed by atoms with Gasteiger partial charge in [0.15, 0.2) is 6.61 Å². The first-order valence-corrected chi connectivity index (χ1v) is 12.0. The van der Waals surface area contributed by atoms with E-state index in [1.54, 1.807) is 61.7 Å². The highest BCUT2D eigenvalue weighted by molar-refractivity contribution is 9.10. The first kappa shape index (κ1) is 26.4. The molecule has 10 nitrogen and oxygen atoms in total. The van der Waals surface area contributed by atoms with Crippen LogP contribution in [0.1, 0.15) is 5.56 Å². The average Bonchev–Trinajstić information content (AvgIpc) is 2.91. The van der Waals surface area contributed by atoms with Gasteiger partial charge in [-0.15, -0.1) is 0 Å². The number of methoxy groups -OCH3 is 2. The molecule has 3 aromatic rings. The number of nitrogens with zero attached hydrogens (tertiary/aromatic N) is 1. The average molecular weight is 580 g/mol. The van der Waals surface area contributed by atoms with Crippen LogP contribution in [0, 0.1) is 0 Å². The van der Waals surface area contributed by atoms with Crippen LogP contribution in [0.2, 0.25) is 0 Å². The van der Waals surface area contributed by atoms with Crippen LogP contribution in [0.3, 0.4) is 0 Å². The third-order valence-electron chi connectivity index (χ3n) is 5.44. The summed E-state index contributed by atoms with van der Waals surface area (Å²) in [6.45, 7) is -0.333. The molecule has 1 heterocycles. The summed E-state index contributed by atoms with van der Waals surface area (Å²) in [6, 6.07) is 17.1. The number of hydrogen-bond donors (Lipinski definition) is 2. The first-order valence-electron chi connectivity index (χ1n) is 11.2. The first-order chi connectivity index (χ1) is 18.3. The zero-order valence-electron chi connectivity index (χ0n) is 20.3. The van der Waals surface area contributed by atoms with Crippen LogP contribution in [-0.4, -0.2) is 44.6 Å². The van der Waals surface area contributed by atoms with E-state index in [0.717, 1.165) is 4.90 Å². The molecule has 0 radical (unpaired) electrons. The van der Waals surface area contributed by atoms with Gasteiger partial charge in [-0.25, -0.2) is 9.69 Å². The van der Waals surface area contributed by atoms with Gasteiger partial charge < -0.3 is 19.5 Å². The van der Waals surface area contributed by atoms with Gasteiger partial charge >= 0.3 is 6.03 Å². The molecule has 1 fully saturated rings. The number of urea groups is 1. The van der Waals surface area contributed by atoms with E-state index in [2.05, 4.69) is 26.6 Å². The van der Waals surface area contributed by atoms with E-state index in [0.29, 0.717) is 27.2 Å². The Hall–Kier alpha value is -4.64. The largest absolute Gasteiger partial charge is 0.497 e. The third-order valence-corrected chi connectivity index (χ3v) is 5.93. The van der Waals surface area contributed by atoms with Crippen molar-refractivity contribution in [3.05, 3.63) is 82.3 Å². The molecule has 4 rings (SSSR count). The Bertz CT molecular complexity index is 1420. The van der Waals surface area contributed by atoms with Crippen LogP contribution >= 0.6 is 15.9 Å². The van der Waals surface area contributed by atoms with E-state index < -0.39 is 23.8 Å². The molecule has 5 amide bonds. The molecular formula is C27H22BrN3O7. The van der Waals surface area contributed by atoms with Crippen molar-refractivity contribution in [2.45, 2.75) is 0 Å². The molecule has 0 aliphatic carbocycles. The molecule has 3 aromatic carbocycles. The van der Waals surface area contributed by atoms with Crippen molar-refractivity contribution in [2.24, 2.45) is 0 Å². The second-order valence-corrected chi connectivity index (χ2v) is 8.82. The lowest BCUT2D eigenvalue weighted by molar-refractivity contribution is -0.122. The van der Waals surface area contributed by atoms with Gasteiger partial charge in [-0.1, -0.05) is 15.9 Å². The Labute approximate surface area is 226 Å². The fourth-order valence-corrected chi connectivity index (χ4v) is 3.94. The molecule has 0 bridgehead atoms. The summed E-state index contributed by atoms with van der Waals surface area (Å²) >= 11 is 3.36. The van der Waals surface area contributed by atoms with Crippen molar-refractivity contribution in [3.8, 4) is 17.2 Å². The number of rotatable bonds is 8. The van der Waals surface area contributed by atoms with Gasteiger partial charge in [0, 0.05) is 15.7 Å². The summed E-state index contributed by atoms with van der Waals surface area (Å²) in [5.74, 6) is -0.642. The topological polar surface area (TPSA) is 123 Å². The number of imide groups is 2. The molecular weight excluding hydrogens is 558 g/mol. The van der Waals surface area contributed by atoms with Crippen LogP contribution in [0.5, 0.6) is 17.2 Å². The molecule has 1 saturated heterocycles. The van der Waals surface area contributed by atoms with E-state index in [4.69, 9.17) is 14.2 Å². The molecule has 0 saturated carbocycles. The van der Waals surface area contributed by atoms with Crippen molar-refractivity contribution in [1.29, 1.82) is 0 Å². The highest BCUT2D eigenvalue weighted by atomic mass is 79.9. The molecule has 1 aliphatic rings. The van der Waals surface area contributed by atoms with Crippen LogP contribution < -0.4 is 29.7 Å². The van der Waals surface area contributed by atoms with Gasteiger partial charge in [0.1, 0.15) is 22.8 Å². The predicted octanol–water partition coefficient (Wildman–Crippen LogP) is 4.15. The second kappa shape index (κ2) is 11.6. The fourth-order valence-electron chi connectivity index (χ4n) is 3.56. The quantitative estimate of drug-likeness (QED) is 0.303. The summed E-state index contributed by atoms with van der Waals surface area (Å²) in [7, 11) is 3.04. The number of ether oxygens (including phenoxy) is 3. The van der Waals surface area contributed by atoms with Crippen molar-refractivity contribution in [2.75, 3.05) is 31.0 Å². The highest BCUT2D eigenvalue weighted by Crippen LogP contribution is 2.29. The summed E-state index contributed by atoms with van der Waals surface area (Å²) < 4.78 is 16.6. The van der Waals surface area contributed by atoms with E-state index in [1.807, 2.05) is 0 Å². The monoisotopic (exact) mass is 579 g/mol. The number of hydrogen-bond acceptors (Lipinski definition) is 7. The molecule has 38 heavy (non-hydrogen) atoms. The minimum atomic E-state index is -0.872. The normalized spacial score (nSPS) is 14.2. The van der Waals surface area contributed by atoms with Crippen molar-refractivity contribution >= 4 is 57.1 Å². The molecule has 194 valence electrons. The van der Waals surface area contributed by atoms with Gasteiger partial charge in [0.2, 0.25) is 0 Å².